The number of hydrogen-bond acceptors (Lipinski definition) is 5. The quantitative estimate of drug-likeness (QED) is 0.660. The number of carbonyl (C=O) groups excluding carboxylic acids is 1. The van der Waals surface area contributed by atoms with Gasteiger partial charge in [0.25, 0.3) is 5.91 Å². The number of benzene rings is 2. The van der Waals surface area contributed by atoms with Gasteiger partial charge in [0.1, 0.15) is 5.60 Å². The first-order chi connectivity index (χ1) is 16.0. The summed E-state index contributed by atoms with van der Waals surface area (Å²) < 4.78 is 70.4. The Balaban J connectivity index is 1.23. The van der Waals surface area contributed by atoms with Gasteiger partial charge in [-0.25, -0.2) is 8.42 Å². The Labute approximate surface area is 194 Å². The van der Waals surface area contributed by atoms with E-state index in [1.807, 2.05) is 0 Å². The molecule has 0 aromatic heterocycles. The molecule has 11 heteroatoms. The maximum Gasteiger partial charge on any atom is 0.416 e. The molecule has 0 atom stereocenters. The molecule has 0 bridgehead atoms. The number of nitrogens with zero attached hydrogens (tertiary/aromatic N) is 2. The zero-order valence-electron chi connectivity index (χ0n) is 17.9. The maximum atomic E-state index is 12.9. The van der Waals surface area contributed by atoms with Crippen LogP contribution in [0.25, 0.3) is 0 Å². The molecule has 3 heterocycles. The van der Waals surface area contributed by atoms with Crippen LogP contribution in [0.15, 0.2) is 64.6 Å². The minimum Gasteiger partial charge on any atom is -0.380 e. The van der Waals surface area contributed by atoms with E-state index in [2.05, 4.69) is 0 Å². The van der Waals surface area contributed by atoms with Gasteiger partial charge < -0.3 is 14.7 Å². The molecule has 1 fully saturated rings. The highest BCUT2D eigenvalue weighted by atomic mass is 32.2. The molecule has 180 valence electrons. The third-order valence-corrected chi connectivity index (χ3v) is 8.26. The summed E-state index contributed by atoms with van der Waals surface area (Å²) in [7, 11) is -3.96. The van der Waals surface area contributed by atoms with Gasteiger partial charge in [-0.1, -0.05) is 12.1 Å². The highest BCUT2D eigenvalue weighted by molar-refractivity contribution is 7.89. The zero-order valence-corrected chi connectivity index (χ0v) is 18.7. The number of aliphatic hydroxyl groups is 1. The van der Waals surface area contributed by atoms with E-state index in [-0.39, 0.29) is 50.2 Å². The lowest BCUT2D eigenvalue weighted by Gasteiger charge is -2.36. The molecule has 0 spiro atoms. The van der Waals surface area contributed by atoms with Crippen LogP contribution in [-0.2, 0) is 26.5 Å². The first-order valence-electron chi connectivity index (χ1n) is 10.5. The molecule has 1 N–H and O–H groups in total. The summed E-state index contributed by atoms with van der Waals surface area (Å²) in [5, 5.41) is 10.3. The predicted molar refractivity (Wildman–Crippen MR) is 114 cm³/mol. The first-order valence-corrected chi connectivity index (χ1v) is 12.0. The zero-order chi connectivity index (χ0) is 24.3. The molecule has 0 unspecified atom stereocenters. The lowest BCUT2D eigenvalue weighted by Crippen LogP contribution is -2.46. The summed E-state index contributed by atoms with van der Waals surface area (Å²) in [6, 6.07) is 10.1. The van der Waals surface area contributed by atoms with Crippen LogP contribution in [-0.4, -0.2) is 68.0 Å². The van der Waals surface area contributed by atoms with Gasteiger partial charge in [-0.3, -0.25) is 4.79 Å². The average Bonchev–Trinajstić information content (AvgIpc) is 3.37. The Kier molecular flexibility index (Phi) is 5.36. The molecule has 2 aromatic carbocycles. The molecule has 7 nitrogen and oxygen atoms in total. The highest BCUT2D eigenvalue weighted by Crippen LogP contribution is 2.34. The largest absolute Gasteiger partial charge is 0.416 e. The van der Waals surface area contributed by atoms with E-state index in [1.165, 1.54) is 4.31 Å². The minimum atomic E-state index is -4.54. The topological polar surface area (TPSA) is 87.2 Å². The highest BCUT2D eigenvalue weighted by Gasteiger charge is 2.40. The van der Waals surface area contributed by atoms with Gasteiger partial charge in [-0.2, -0.15) is 17.5 Å². The molecule has 1 saturated heterocycles. The van der Waals surface area contributed by atoms with Crippen LogP contribution >= 0.6 is 0 Å². The number of sulfonamides is 1. The van der Waals surface area contributed by atoms with E-state index in [9.17, 15) is 31.5 Å². The van der Waals surface area contributed by atoms with Gasteiger partial charge >= 0.3 is 6.18 Å². The van der Waals surface area contributed by atoms with Crippen LogP contribution in [0.2, 0.25) is 0 Å². The fourth-order valence-electron chi connectivity index (χ4n) is 4.39. The summed E-state index contributed by atoms with van der Waals surface area (Å²) in [5.74, 6) is -0.199. The van der Waals surface area contributed by atoms with E-state index < -0.39 is 27.4 Å². The summed E-state index contributed by atoms with van der Waals surface area (Å²) in [4.78, 5) is 14.4. The molecule has 5 rings (SSSR count). The minimum absolute atomic E-state index is 0.0917. The molecule has 0 aliphatic carbocycles. The fourth-order valence-corrected chi connectivity index (χ4v) is 5.82. The number of rotatable bonds is 4. The SMILES string of the molecule is O=C(c1ccc(C2(O)COC2)cc1)N1CC2=C(C1)CN(S(=O)(=O)c1ccc(C(F)(F)F)cc1)C2. The predicted octanol–water partition coefficient (Wildman–Crippen LogP) is 2.38. The summed E-state index contributed by atoms with van der Waals surface area (Å²) >= 11 is 0. The van der Waals surface area contributed by atoms with Crippen molar-refractivity contribution in [2.75, 3.05) is 39.4 Å². The van der Waals surface area contributed by atoms with Gasteiger partial charge in [-0.15, -0.1) is 0 Å². The summed E-state index contributed by atoms with van der Waals surface area (Å²) in [5.41, 5.74) is 0.859. The van der Waals surface area contributed by atoms with Gasteiger partial charge in [0.2, 0.25) is 10.0 Å². The van der Waals surface area contributed by atoms with Gasteiger partial charge in [0, 0.05) is 31.7 Å². The average molecular weight is 494 g/mol. The number of halogens is 3. The normalized spacial score (nSPS) is 20.4. The van der Waals surface area contributed by atoms with Crippen LogP contribution in [0.4, 0.5) is 13.2 Å². The van der Waals surface area contributed by atoms with Crippen molar-refractivity contribution in [2.45, 2.75) is 16.7 Å². The van der Waals surface area contributed by atoms with Crippen molar-refractivity contribution >= 4 is 15.9 Å². The Morgan fingerprint density at radius 3 is 1.94 bits per heavy atom. The van der Waals surface area contributed by atoms with Crippen LogP contribution in [0.1, 0.15) is 21.5 Å². The lowest BCUT2D eigenvalue weighted by atomic mass is 9.91. The molecule has 0 saturated carbocycles. The number of ether oxygens (including phenoxy) is 1. The van der Waals surface area contributed by atoms with Crippen molar-refractivity contribution in [3.63, 3.8) is 0 Å². The second kappa shape index (κ2) is 7.91. The Morgan fingerprint density at radius 1 is 0.912 bits per heavy atom. The van der Waals surface area contributed by atoms with E-state index in [0.29, 0.717) is 11.1 Å². The Morgan fingerprint density at radius 2 is 1.47 bits per heavy atom. The van der Waals surface area contributed by atoms with Crippen LogP contribution < -0.4 is 0 Å². The second-order valence-corrected chi connectivity index (χ2v) is 10.7. The fraction of sp³-hybridized carbons (Fsp3) is 0.348. The van der Waals surface area contributed by atoms with Crippen molar-refractivity contribution in [1.29, 1.82) is 0 Å². The molecular formula is C23H21F3N2O5S. The van der Waals surface area contributed by atoms with Crippen molar-refractivity contribution in [3.8, 4) is 0 Å². The second-order valence-electron chi connectivity index (χ2n) is 8.77. The van der Waals surface area contributed by atoms with Gasteiger partial charge in [0.05, 0.1) is 23.7 Å². The van der Waals surface area contributed by atoms with E-state index in [0.717, 1.165) is 35.4 Å². The van der Waals surface area contributed by atoms with Gasteiger partial charge in [0.15, 0.2) is 0 Å². The molecule has 1 amide bonds. The maximum absolute atomic E-state index is 12.9. The van der Waals surface area contributed by atoms with Crippen molar-refractivity contribution in [1.82, 2.24) is 9.21 Å². The van der Waals surface area contributed by atoms with Crippen molar-refractivity contribution < 1.29 is 36.2 Å². The number of hydrogen-bond donors (Lipinski definition) is 1. The molecular weight excluding hydrogens is 473 g/mol. The summed E-state index contributed by atoms with van der Waals surface area (Å²) in [6.45, 7) is 1.19. The molecule has 3 aliphatic heterocycles. The van der Waals surface area contributed by atoms with E-state index >= 15 is 0 Å². The van der Waals surface area contributed by atoms with Crippen LogP contribution in [0.3, 0.4) is 0 Å². The monoisotopic (exact) mass is 494 g/mol. The smallest absolute Gasteiger partial charge is 0.380 e. The standard InChI is InChI=1S/C23H21F3N2O5S/c24-23(25,26)19-5-7-20(8-6-19)34(31,32)28-11-16-9-27(10-17(16)12-28)21(29)15-1-3-18(4-2-15)22(30)13-33-14-22/h1-8,30H,9-14H2. The Hall–Kier alpha value is -2.73. The van der Waals surface area contributed by atoms with E-state index in [4.69, 9.17) is 4.74 Å². The number of carbonyl (C=O) groups is 1. The van der Waals surface area contributed by atoms with E-state index in [1.54, 1.807) is 29.2 Å². The first kappa shape index (κ1) is 23.0. The van der Waals surface area contributed by atoms with Crippen molar-refractivity contribution in [3.05, 3.63) is 76.4 Å². The van der Waals surface area contributed by atoms with Crippen molar-refractivity contribution in [2.24, 2.45) is 0 Å². The van der Waals surface area contributed by atoms with Crippen LogP contribution in [0.5, 0.6) is 0 Å². The Bertz CT molecular complexity index is 1250. The molecule has 2 aromatic rings. The number of alkyl halides is 3. The summed E-state index contributed by atoms with van der Waals surface area (Å²) in [6.07, 6.45) is -4.54. The molecule has 0 radical (unpaired) electrons. The van der Waals surface area contributed by atoms with Crippen LogP contribution in [0, 0.1) is 0 Å². The molecule has 3 aliphatic rings. The molecule has 34 heavy (non-hydrogen) atoms. The lowest BCUT2D eigenvalue weighted by molar-refractivity contribution is -0.184. The van der Waals surface area contributed by atoms with Gasteiger partial charge in [-0.05, 0) is 53.1 Å². The third kappa shape index (κ3) is 3.92. The number of amides is 1. The third-order valence-electron chi connectivity index (χ3n) is 6.46.